The molecular weight excluding hydrogens is 344 g/mol. The minimum atomic E-state index is -0.114. The fourth-order valence-corrected chi connectivity index (χ4v) is 3.46. The van der Waals surface area contributed by atoms with Crippen LogP contribution in [0.1, 0.15) is 15.9 Å². The lowest BCUT2D eigenvalue weighted by molar-refractivity contribution is 0.0951. The lowest BCUT2D eigenvalue weighted by Crippen LogP contribution is -2.23. The number of hydrogen-bond donors (Lipinski definition) is 1. The highest BCUT2D eigenvalue weighted by molar-refractivity contribution is 7.13. The van der Waals surface area contributed by atoms with Gasteiger partial charge in [0.25, 0.3) is 5.91 Å². The normalized spacial score (nSPS) is 10.6. The number of furan rings is 1. The fourth-order valence-electron chi connectivity index (χ4n) is 2.72. The summed E-state index contributed by atoms with van der Waals surface area (Å²) < 4.78 is 5.43. The number of aromatic nitrogens is 1. The molecular formula is C21H16N2O2S. The molecule has 0 aliphatic carbocycles. The second-order valence-electron chi connectivity index (χ2n) is 5.73. The Morgan fingerprint density at radius 2 is 1.92 bits per heavy atom. The Kier molecular flexibility index (Phi) is 4.62. The molecule has 4 nitrogen and oxygen atoms in total. The zero-order chi connectivity index (χ0) is 17.8. The maximum atomic E-state index is 12.5. The molecule has 0 radical (unpaired) electrons. The van der Waals surface area contributed by atoms with Crippen LogP contribution in [0.3, 0.4) is 0 Å². The maximum Gasteiger partial charge on any atom is 0.251 e. The Labute approximate surface area is 155 Å². The summed E-state index contributed by atoms with van der Waals surface area (Å²) >= 11 is 1.68. The molecule has 1 N–H and O–H groups in total. The van der Waals surface area contributed by atoms with E-state index in [-0.39, 0.29) is 5.91 Å². The van der Waals surface area contributed by atoms with Crippen LogP contribution in [-0.4, -0.2) is 10.9 Å². The predicted octanol–water partition coefficient (Wildman–Crippen LogP) is 5.00. The molecule has 1 amide bonds. The molecule has 26 heavy (non-hydrogen) atoms. The first-order chi connectivity index (χ1) is 12.8. The van der Waals surface area contributed by atoms with Crippen LogP contribution < -0.4 is 5.32 Å². The van der Waals surface area contributed by atoms with Crippen LogP contribution in [0.15, 0.2) is 82.9 Å². The molecule has 128 valence electrons. The number of pyridine rings is 1. The second-order valence-corrected chi connectivity index (χ2v) is 6.67. The van der Waals surface area contributed by atoms with Crippen molar-refractivity contribution in [2.24, 2.45) is 0 Å². The number of rotatable bonds is 5. The van der Waals surface area contributed by atoms with E-state index >= 15 is 0 Å². The fraction of sp³-hybridized carbons (Fsp3) is 0.0476. The average Bonchev–Trinajstić information content (AvgIpc) is 3.40. The molecule has 0 atom stereocenters. The smallest absolute Gasteiger partial charge is 0.251 e. The van der Waals surface area contributed by atoms with Crippen molar-refractivity contribution in [1.29, 1.82) is 0 Å². The summed E-state index contributed by atoms with van der Waals surface area (Å²) in [4.78, 5) is 18.0. The van der Waals surface area contributed by atoms with Crippen molar-refractivity contribution in [1.82, 2.24) is 10.3 Å². The topological polar surface area (TPSA) is 55.1 Å². The highest BCUT2D eigenvalue weighted by Gasteiger charge is 2.11. The zero-order valence-corrected chi connectivity index (χ0v) is 14.7. The highest BCUT2D eigenvalue weighted by atomic mass is 32.1. The van der Waals surface area contributed by atoms with Crippen molar-refractivity contribution in [3.8, 4) is 21.9 Å². The number of carbonyl (C=O) groups is 1. The van der Waals surface area contributed by atoms with Gasteiger partial charge >= 0.3 is 0 Å². The first kappa shape index (κ1) is 16.3. The van der Waals surface area contributed by atoms with Crippen molar-refractivity contribution in [2.75, 3.05) is 0 Å². The van der Waals surface area contributed by atoms with Gasteiger partial charge in [0.2, 0.25) is 0 Å². The molecule has 0 saturated heterocycles. The van der Waals surface area contributed by atoms with Crippen LogP contribution in [0.25, 0.3) is 21.9 Å². The molecule has 0 spiro atoms. The van der Waals surface area contributed by atoms with Crippen molar-refractivity contribution < 1.29 is 9.21 Å². The molecule has 1 aromatic carbocycles. The van der Waals surface area contributed by atoms with Gasteiger partial charge in [-0.3, -0.25) is 9.78 Å². The van der Waals surface area contributed by atoms with Gasteiger partial charge in [0.05, 0.1) is 6.26 Å². The highest BCUT2D eigenvalue weighted by Crippen LogP contribution is 2.25. The van der Waals surface area contributed by atoms with E-state index in [9.17, 15) is 4.79 Å². The van der Waals surface area contributed by atoms with E-state index in [4.69, 9.17) is 4.42 Å². The van der Waals surface area contributed by atoms with E-state index in [2.05, 4.69) is 16.4 Å². The van der Waals surface area contributed by atoms with E-state index < -0.39 is 0 Å². The Morgan fingerprint density at radius 1 is 1.04 bits per heavy atom. The number of hydrogen-bond acceptors (Lipinski definition) is 4. The number of amides is 1. The van der Waals surface area contributed by atoms with E-state index in [0.29, 0.717) is 17.9 Å². The van der Waals surface area contributed by atoms with Gasteiger partial charge < -0.3 is 9.73 Å². The molecule has 0 fully saturated rings. The summed E-state index contributed by atoms with van der Waals surface area (Å²) in [6.07, 6.45) is 3.33. The lowest BCUT2D eigenvalue weighted by Gasteiger charge is -2.09. The minimum Gasteiger partial charge on any atom is -0.463 e. The van der Waals surface area contributed by atoms with Gasteiger partial charge in [0.15, 0.2) is 5.76 Å². The first-order valence-electron chi connectivity index (χ1n) is 8.21. The van der Waals surface area contributed by atoms with Gasteiger partial charge in [-0.2, -0.15) is 0 Å². The summed E-state index contributed by atoms with van der Waals surface area (Å²) in [6.45, 7) is 0.384. The lowest BCUT2D eigenvalue weighted by atomic mass is 10.1. The Morgan fingerprint density at radius 3 is 2.65 bits per heavy atom. The van der Waals surface area contributed by atoms with Gasteiger partial charge in [-0.15, -0.1) is 11.3 Å². The molecule has 0 aliphatic rings. The number of nitrogens with zero attached hydrogens (tertiary/aromatic N) is 1. The van der Waals surface area contributed by atoms with E-state index in [1.54, 1.807) is 23.8 Å². The SMILES string of the molecule is O=C(NCc1cccnc1-c1ccco1)c1ccc(-c2cccs2)cc1. The number of thiophene rings is 1. The number of carbonyl (C=O) groups excluding carboxylic acids is 1. The van der Waals surface area contributed by atoms with Crippen molar-refractivity contribution in [3.63, 3.8) is 0 Å². The summed E-state index contributed by atoms with van der Waals surface area (Å²) in [7, 11) is 0. The third kappa shape index (κ3) is 3.43. The summed E-state index contributed by atoms with van der Waals surface area (Å²) in [5.74, 6) is 0.576. The molecule has 3 heterocycles. The third-order valence-corrected chi connectivity index (χ3v) is 4.96. The molecule has 0 saturated carbocycles. The van der Waals surface area contributed by atoms with E-state index in [0.717, 1.165) is 16.8 Å². The maximum absolute atomic E-state index is 12.5. The molecule has 4 aromatic rings. The average molecular weight is 360 g/mol. The van der Waals surface area contributed by atoms with Crippen LogP contribution in [0, 0.1) is 0 Å². The monoisotopic (exact) mass is 360 g/mol. The van der Waals surface area contributed by atoms with Crippen LogP contribution in [0.5, 0.6) is 0 Å². The van der Waals surface area contributed by atoms with Gasteiger partial charge in [0.1, 0.15) is 5.69 Å². The third-order valence-electron chi connectivity index (χ3n) is 4.04. The van der Waals surface area contributed by atoms with Crippen molar-refractivity contribution >= 4 is 17.2 Å². The summed E-state index contributed by atoms with van der Waals surface area (Å²) in [5.41, 5.74) is 3.40. The van der Waals surface area contributed by atoms with Crippen LogP contribution >= 0.6 is 11.3 Å². The minimum absolute atomic E-state index is 0.114. The number of benzene rings is 1. The first-order valence-corrected chi connectivity index (χ1v) is 9.09. The second kappa shape index (κ2) is 7.37. The molecule has 0 bridgehead atoms. The molecule has 5 heteroatoms. The van der Waals surface area contributed by atoms with Crippen LogP contribution in [0.4, 0.5) is 0 Å². The molecule has 0 unspecified atom stereocenters. The number of nitrogens with one attached hydrogen (secondary N) is 1. The van der Waals surface area contributed by atoms with E-state index in [1.165, 1.54) is 4.88 Å². The summed E-state index contributed by atoms with van der Waals surface area (Å²) in [5, 5.41) is 5.00. The van der Waals surface area contributed by atoms with Crippen LogP contribution in [-0.2, 0) is 6.54 Å². The molecule has 4 rings (SSSR count). The summed E-state index contributed by atoms with van der Waals surface area (Å²) in [6, 6.07) is 19.2. The Hall–Kier alpha value is -3.18. The van der Waals surface area contributed by atoms with Gasteiger partial charge in [-0.25, -0.2) is 0 Å². The van der Waals surface area contributed by atoms with Crippen molar-refractivity contribution in [2.45, 2.75) is 6.54 Å². The standard InChI is InChI=1S/C21H16N2O2S/c24-21(16-9-7-15(8-10-16)19-6-3-13-26-19)23-14-17-4-1-11-22-20(17)18-5-2-12-25-18/h1-13H,14H2,(H,23,24). The molecule has 0 aliphatic heterocycles. The van der Waals surface area contributed by atoms with E-state index in [1.807, 2.05) is 60.0 Å². The van der Waals surface area contributed by atoms with Gasteiger partial charge in [-0.05, 0) is 47.3 Å². The van der Waals surface area contributed by atoms with Crippen molar-refractivity contribution in [3.05, 3.63) is 89.6 Å². The van der Waals surface area contributed by atoms with Crippen LogP contribution in [0.2, 0.25) is 0 Å². The van der Waals surface area contributed by atoms with Gasteiger partial charge in [0, 0.05) is 28.7 Å². The van der Waals surface area contributed by atoms with Gasteiger partial charge in [-0.1, -0.05) is 24.3 Å². The quantitative estimate of drug-likeness (QED) is 0.545. The zero-order valence-electron chi connectivity index (χ0n) is 13.9. The predicted molar refractivity (Wildman–Crippen MR) is 103 cm³/mol. The molecule has 3 aromatic heterocycles. The largest absolute Gasteiger partial charge is 0.463 e. The Bertz CT molecular complexity index is 991. The Balaban J connectivity index is 1.46.